The molecule has 1 aliphatic heterocycles. The van der Waals surface area contributed by atoms with Gasteiger partial charge in [0, 0.05) is 45.6 Å². The van der Waals surface area contributed by atoms with Crippen molar-refractivity contribution in [1.82, 2.24) is 4.57 Å². The van der Waals surface area contributed by atoms with Crippen LogP contribution in [0.5, 0.6) is 0 Å². The number of fused-ring (bicyclic) bond motifs is 2. The Morgan fingerprint density at radius 1 is 0.964 bits per heavy atom. The summed E-state index contributed by atoms with van der Waals surface area (Å²) < 4.78 is 2.18. The standard InChI is InChI=1S/C24H20N2O2/c1-4-26-14(3)20(16-10-6-8-12-18(16)26)22-23(27)21(24(22)28)19-13(2)25-17-11-7-5-9-15(17)19/h5-12,27H,4H2,1-3H3/b21-19+. The van der Waals surface area contributed by atoms with Gasteiger partial charge in [0.05, 0.1) is 16.8 Å². The lowest BCUT2D eigenvalue weighted by molar-refractivity contribution is -0.111. The predicted molar refractivity (Wildman–Crippen MR) is 113 cm³/mol. The molecule has 2 aliphatic rings. The average Bonchev–Trinajstić information content (AvgIpc) is 3.16. The molecule has 0 spiro atoms. The number of aromatic nitrogens is 1. The molecule has 0 amide bonds. The quantitative estimate of drug-likeness (QED) is 0.617. The number of aryl methyl sites for hydroxylation is 1. The number of hydrogen-bond acceptors (Lipinski definition) is 3. The first-order chi connectivity index (χ1) is 13.5. The van der Waals surface area contributed by atoms with Crippen molar-refractivity contribution in [2.24, 2.45) is 4.99 Å². The first-order valence-corrected chi connectivity index (χ1v) is 9.50. The van der Waals surface area contributed by atoms with Crippen LogP contribution in [0.1, 0.15) is 30.7 Å². The van der Waals surface area contributed by atoms with E-state index in [0.717, 1.165) is 51.2 Å². The Bertz CT molecular complexity index is 1290. The third-order valence-corrected chi connectivity index (χ3v) is 5.80. The SMILES string of the molecule is CCn1c(C)c(C2=C(O)/C(=C3/C(C)=Nc4ccccc43)C2=O)c2ccccc21. The smallest absolute Gasteiger partial charge is 0.201 e. The molecule has 1 aromatic heterocycles. The van der Waals surface area contributed by atoms with Crippen LogP contribution in [0.15, 0.2) is 64.9 Å². The average molecular weight is 368 g/mol. The van der Waals surface area contributed by atoms with Crippen LogP contribution in [0, 0.1) is 6.92 Å². The molecule has 28 heavy (non-hydrogen) atoms. The molecule has 0 atom stereocenters. The zero-order chi connectivity index (χ0) is 19.6. The molecule has 0 unspecified atom stereocenters. The van der Waals surface area contributed by atoms with Crippen molar-refractivity contribution in [3.05, 3.63) is 76.7 Å². The second-order valence-corrected chi connectivity index (χ2v) is 7.24. The van der Waals surface area contributed by atoms with Gasteiger partial charge in [-0.1, -0.05) is 36.4 Å². The van der Waals surface area contributed by atoms with Gasteiger partial charge in [0.1, 0.15) is 5.76 Å². The molecule has 0 radical (unpaired) electrons. The topological polar surface area (TPSA) is 54.6 Å². The van der Waals surface area contributed by atoms with E-state index < -0.39 is 0 Å². The van der Waals surface area contributed by atoms with Gasteiger partial charge >= 0.3 is 0 Å². The number of para-hydroxylation sites is 2. The van der Waals surface area contributed by atoms with Crippen LogP contribution < -0.4 is 0 Å². The Balaban J connectivity index is 1.77. The Morgan fingerprint density at radius 2 is 1.68 bits per heavy atom. The number of allylic oxidation sites excluding steroid dienone is 3. The molecule has 1 N–H and O–H groups in total. The Labute approximate surface area is 163 Å². The normalized spacial score (nSPS) is 18.5. The molecular weight excluding hydrogens is 348 g/mol. The molecule has 0 fully saturated rings. The fourth-order valence-electron chi connectivity index (χ4n) is 4.55. The van der Waals surface area contributed by atoms with E-state index in [1.165, 1.54) is 0 Å². The van der Waals surface area contributed by atoms with Crippen LogP contribution in [0.3, 0.4) is 0 Å². The number of benzene rings is 2. The maximum Gasteiger partial charge on any atom is 0.201 e. The lowest BCUT2D eigenvalue weighted by Crippen LogP contribution is -2.24. The summed E-state index contributed by atoms with van der Waals surface area (Å²) in [5.74, 6) is -0.0331. The van der Waals surface area contributed by atoms with Crippen molar-refractivity contribution in [3.8, 4) is 0 Å². The van der Waals surface area contributed by atoms with Gasteiger partial charge in [-0.25, -0.2) is 0 Å². The monoisotopic (exact) mass is 368 g/mol. The Morgan fingerprint density at radius 3 is 2.43 bits per heavy atom. The minimum absolute atomic E-state index is 0.0772. The number of carbonyl (C=O) groups is 1. The van der Waals surface area contributed by atoms with Crippen LogP contribution in [-0.2, 0) is 11.3 Å². The van der Waals surface area contributed by atoms with Crippen molar-refractivity contribution in [2.45, 2.75) is 27.3 Å². The molecule has 5 rings (SSSR count). The van der Waals surface area contributed by atoms with Gasteiger partial charge in [0.15, 0.2) is 0 Å². The van der Waals surface area contributed by atoms with Crippen molar-refractivity contribution in [1.29, 1.82) is 0 Å². The molecule has 1 aliphatic carbocycles. The molecule has 0 bridgehead atoms. The molecular formula is C24H20N2O2. The molecule has 2 heterocycles. The second kappa shape index (κ2) is 5.80. The number of aliphatic imine (C=N–C) groups is 1. The zero-order valence-corrected chi connectivity index (χ0v) is 16.1. The zero-order valence-electron chi connectivity index (χ0n) is 16.1. The lowest BCUT2D eigenvalue weighted by atomic mass is 9.78. The number of aliphatic hydroxyl groups is 1. The van der Waals surface area contributed by atoms with E-state index in [9.17, 15) is 9.90 Å². The minimum atomic E-state index is -0.110. The summed E-state index contributed by atoms with van der Waals surface area (Å²) in [7, 11) is 0. The highest BCUT2D eigenvalue weighted by atomic mass is 16.3. The maximum atomic E-state index is 13.3. The van der Waals surface area contributed by atoms with E-state index in [2.05, 4.69) is 22.5 Å². The van der Waals surface area contributed by atoms with Gasteiger partial charge in [-0.3, -0.25) is 9.79 Å². The summed E-state index contributed by atoms with van der Waals surface area (Å²) in [5.41, 5.74) is 6.98. The first-order valence-electron chi connectivity index (χ1n) is 9.50. The van der Waals surface area contributed by atoms with Crippen LogP contribution >= 0.6 is 0 Å². The summed E-state index contributed by atoms with van der Waals surface area (Å²) in [6.07, 6.45) is 0. The first kappa shape index (κ1) is 16.8. The van der Waals surface area contributed by atoms with E-state index in [1.54, 1.807) is 0 Å². The fourth-order valence-corrected chi connectivity index (χ4v) is 4.55. The van der Waals surface area contributed by atoms with E-state index in [4.69, 9.17) is 0 Å². The maximum absolute atomic E-state index is 13.3. The molecule has 0 saturated carbocycles. The number of carbonyl (C=O) groups excluding carboxylic acids is 1. The Kier molecular flexibility index (Phi) is 3.47. The number of nitrogens with zero attached hydrogens (tertiary/aromatic N) is 2. The van der Waals surface area contributed by atoms with Crippen molar-refractivity contribution >= 4 is 39.2 Å². The minimum Gasteiger partial charge on any atom is -0.506 e. The number of ketones is 1. The van der Waals surface area contributed by atoms with Crippen molar-refractivity contribution in [3.63, 3.8) is 0 Å². The molecule has 4 heteroatoms. The van der Waals surface area contributed by atoms with Crippen LogP contribution in [0.25, 0.3) is 22.0 Å². The van der Waals surface area contributed by atoms with E-state index in [1.807, 2.05) is 56.3 Å². The summed E-state index contributed by atoms with van der Waals surface area (Å²) in [6.45, 7) is 6.79. The fraction of sp³-hybridized carbons (Fsp3) is 0.167. The van der Waals surface area contributed by atoms with Gasteiger partial charge < -0.3 is 9.67 Å². The lowest BCUT2D eigenvalue weighted by Gasteiger charge is -2.24. The van der Waals surface area contributed by atoms with Gasteiger partial charge in [-0.2, -0.15) is 0 Å². The highest BCUT2D eigenvalue weighted by molar-refractivity contribution is 6.47. The van der Waals surface area contributed by atoms with Gasteiger partial charge in [-0.05, 0) is 32.9 Å². The molecule has 138 valence electrons. The van der Waals surface area contributed by atoms with E-state index in [-0.39, 0.29) is 11.5 Å². The molecule has 2 aromatic carbocycles. The van der Waals surface area contributed by atoms with Crippen molar-refractivity contribution < 1.29 is 9.90 Å². The summed E-state index contributed by atoms with van der Waals surface area (Å²) in [4.78, 5) is 17.8. The third kappa shape index (κ3) is 2.00. The summed E-state index contributed by atoms with van der Waals surface area (Å²) >= 11 is 0. The highest BCUT2D eigenvalue weighted by Gasteiger charge is 2.41. The summed E-state index contributed by atoms with van der Waals surface area (Å²) in [5, 5.41) is 12.0. The predicted octanol–water partition coefficient (Wildman–Crippen LogP) is 5.38. The Hall–Kier alpha value is -3.40. The van der Waals surface area contributed by atoms with Crippen LogP contribution in [0.2, 0.25) is 0 Å². The van der Waals surface area contributed by atoms with Crippen LogP contribution in [0.4, 0.5) is 5.69 Å². The molecule has 3 aromatic rings. The largest absolute Gasteiger partial charge is 0.506 e. The molecule has 4 nitrogen and oxygen atoms in total. The van der Waals surface area contributed by atoms with Gasteiger partial charge in [0.25, 0.3) is 0 Å². The van der Waals surface area contributed by atoms with E-state index in [0.29, 0.717) is 11.1 Å². The molecule has 0 saturated heterocycles. The van der Waals surface area contributed by atoms with Gasteiger partial charge in [0.2, 0.25) is 5.78 Å². The number of hydrogen-bond donors (Lipinski definition) is 1. The number of aliphatic hydroxyl groups excluding tert-OH is 1. The number of Topliss-reactive ketones (excluding diaryl/α,β-unsaturated/α-hetero) is 1. The van der Waals surface area contributed by atoms with Gasteiger partial charge in [-0.15, -0.1) is 0 Å². The third-order valence-electron chi connectivity index (χ3n) is 5.80. The summed E-state index contributed by atoms with van der Waals surface area (Å²) in [6, 6.07) is 15.8. The highest BCUT2D eigenvalue weighted by Crippen LogP contribution is 2.47. The van der Waals surface area contributed by atoms with Crippen molar-refractivity contribution in [2.75, 3.05) is 0 Å². The number of rotatable bonds is 2. The second-order valence-electron chi connectivity index (χ2n) is 7.24. The van der Waals surface area contributed by atoms with E-state index >= 15 is 0 Å². The van der Waals surface area contributed by atoms with Crippen LogP contribution in [-0.4, -0.2) is 21.2 Å².